The van der Waals surface area contributed by atoms with Crippen molar-refractivity contribution in [1.29, 1.82) is 0 Å². The van der Waals surface area contributed by atoms with E-state index in [9.17, 15) is 9.18 Å². The van der Waals surface area contributed by atoms with Gasteiger partial charge in [0, 0.05) is 5.69 Å². The van der Waals surface area contributed by atoms with Gasteiger partial charge >= 0.3 is 6.03 Å². The fraction of sp³-hybridized carbons (Fsp3) is 0.0714. The third-order valence-corrected chi connectivity index (χ3v) is 2.61. The zero-order valence-corrected chi connectivity index (χ0v) is 10.8. The number of rotatable bonds is 3. The minimum absolute atomic E-state index is 0.0277. The number of amides is 2. The van der Waals surface area contributed by atoms with Gasteiger partial charge in [-0.15, -0.1) is 0 Å². The third kappa shape index (κ3) is 3.17. The quantitative estimate of drug-likeness (QED) is 0.753. The molecule has 2 aromatic carbocycles. The van der Waals surface area contributed by atoms with Crippen LogP contribution >= 0.6 is 0 Å². The largest absolute Gasteiger partial charge is 0.495 e. The van der Waals surface area contributed by atoms with Crippen molar-refractivity contribution >= 4 is 23.1 Å². The summed E-state index contributed by atoms with van der Waals surface area (Å²) in [5.74, 6) is 0.0157. The Labute approximate surface area is 115 Å². The molecule has 5 nitrogen and oxygen atoms in total. The average Bonchev–Trinajstić information content (AvgIpc) is 2.43. The molecule has 0 radical (unpaired) electrons. The number of carbonyl (C=O) groups is 1. The number of ether oxygens (including phenoxy) is 1. The van der Waals surface area contributed by atoms with E-state index in [4.69, 9.17) is 10.5 Å². The van der Waals surface area contributed by atoms with Crippen LogP contribution in [0, 0.1) is 5.82 Å². The number of anilines is 3. The molecule has 0 aliphatic heterocycles. The number of benzene rings is 2. The first-order chi connectivity index (χ1) is 9.60. The first kappa shape index (κ1) is 13.7. The topological polar surface area (TPSA) is 76.4 Å². The minimum atomic E-state index is -0.527. The summed E-state index contributed by atoms with van der Waals surface area (Å²) in [7, 11) is 1.51. The number of carbonyl (C=O) groups excluding carboxylic acids is 1. The van der Waals surface area contributed by atoms with E-state index in [0.717, 1.165) is 0 Å². The van der Waals surface area contributed by atoms with Gasteiger partial charge in [-0.25, -0.2) is 9.18 Å². The van der Waals surface area contributed by atoms with E-state index in [-0.39, 0.29) is 5.69 Å². The molecular weight excluding hydrogens is 261 g/mol. The highest BCUT2D eigenvalue weighted by Gasteiger charge is 2.07. The van der Waals surface area contributed by atoms with E-state index in [1.807, 2.05) is 0 Å². The first-order valence-corrected chi connectivity index (χ1v) is 5.86. The molecule has 0 saturated heterocycles. The van der Waals surface area contributed by atoms with Crippen LogP contribution < -0.4 is 21.1 Å². The van der Waals surface area contributed by atoms with Crippen LogP contribution in [0.2, 0.25) is 0 Å². The Kier molecular flexibility index (Phi) is 4.05. The fourth-order valence-corrected chi connectivity index (χ4v) is 1.65. The van der Waals surface area contributed by atoms with E-state index in [0.29, 0.717) is 17.1 Å². The van der Waals surface area contributed by atoms with Crippen LogP contribution in [0.1, 0.15) is 0 Å². The predicted molar refractivity (Wildman–Crippen MR) is 76.4 cm³/mol. The Morgan fingerprint density at radius 1 is 1.20 bits per heavy atom. The van der Waals surface area contributed by atoms with Crippen molar-refractivity contribution in [3.8, 4) is 5.75 Å². The van der Waals surface area contributed by atoms with Crippen LogP contribution in [0.25, 0.3) is 0 Å². The van der Waals surface area contributed by atoms with Gasteiger partial charge < -0.3 is 21.1 Å². The zero-order chi connectivity index (χ0) is 14.5. The summed E-state index contributed by atoms with van der Waals surface area (Å²) in [4.78, 5) is 11.8. The van der Waals surface area contributed by atoms with Gasteiger partial charge in [0.15, 0.2) is 0 Å². The molecule has 2 amide bonds. The van der Waals surface area contributed by atoms with Crippen molar-refractivity contribution in [2.75, 3.05) is 23.5 Å². The molecule has 0 fully saturated rings. The predicted octanol–water partition coefficient (Wildman–Crippen LogP) is 3.06. The van der Waals surface area contributed by atoms with E-state index < -0.39 is 11.8 Å². The lowest BCUT2D eigenvalue weighted by Crippen LogP contribution is -2.19. The number of para-hydroxylation sites is 2. The highest BCUT2D eigenvalue weighted by Crippen LogP contribution is 2.23. The molecule has 20 heavy (non-hydrogen) atoms. The van der Waals surface area contributed by atoms with Crippen molar-refractivity contribution in [3.05, 3.63) is 48.3 Å². The summed E-state index contributed by atoms with van der Waals surface area (Å²) in [6, 6.07) is 10.5. The normalized spacial score (nSPS) is 9.90. The number of hydrogen-bond acceptors (Lipinski definition) is 3. The summed E-state index contributed by atoms with van der Waals surface area (Å²) in [5, 5.41) is 5.19. The first-order valence-electron chi connectivity index (χ1n) is 5.86. The maximum Gasteiger partial charge on any atom is 0.323 e. The van der Waals surface area contributed by atoms with E-state index in [1.165, 1.54) is 25.3 Å². The highest BCUT2D eigenvalue weighted by atomic mass is 19.1. The lowest BCUT2D eigenvalue weighted by molar-refractivity contribution is 0.262. The Hall–Kier alpha value is -2.76. The Morgan fingerprint density at radius 2 is 1.95 bits per heavy atom. The molecule has 4 N–H and O–H groups in total. The summed E-state index contributed by atoms with van der Waals surface area (Å²) >= 11 is 0. The SMILES string of the molecule is COc1ccccc1NC(=O)Nc1ccc(F)c(N)c1. The van der Waals surface area contributed by atoms with Crippen LogP contribution in [-0.4, -0.2) is 13.1 Å². The minimum Gasteiger partial charge on any atom is -0.495 e. The van der Waals surface area contributed by atoms with Crippen molar-refractivity contribution in [2.24, 2.45) is 0 Å². The third-order valence-electron chi connectivity index (χ3n) is 2.61. The van der Waals surface area contributed by atoms with Crippen LogP contribution in [0.5, 0.6) is 5.75 Å². The molecular formula is C14H14FN3O2. The number of urea groups is 1. The van der Waals surface area contributed by atoms with E-state index in [2.05, 4.69) is 10.6 Å². The van der Waals surface area contributed by atoms with Gasteiger partial charge in [-0.3, -0.25) is 0 Å². The molecule has 2 aromatic rings. The monoisotopic (exact) mass is 275 g/mol. The summed E-state index contributed by atoms with van der Waals surface area (Å²) in [6.07, 6.45) is 0. The summed E-state index contributed by atoms with van der Waals surface area (Å²) in [5.41, 5.74) is 6.33. The van der Waals surface area contributed by atoms with Crippen molar-refractivity contribution in [1.82, 2.24) is 0 Å². The summed E-state index contributed by atoms with van der Waals surface area (Å²) in [6.45, 7) is 0. The molecule has 0 spiro atoms. The van der Waals surface area contributed by atoms with Gasteiger partial charge in [0.1, 0.15) is 11.6 Å². The smallest absolute Gasteiger partial charge is 0.323 e. The van der Waals surface area contributed by atoms with Crippen LogP contribution in [0.15, 0.2) is 42.5 Å². The Bertz CT molecular complexity index is 632. The molecule has 0 aliphatic carbocycles. The number of nitrogen functional groups attached to an aromatic ring is 1. The van der Waals surface area contributed by atoms with Crippen LogP contribution in [0.4, 0.5) is 26.2 Å². The molecule has 2 rings (SSSR count). The molecule has 0 atom stereocenters. The molecule has 0 saturated carbocycles. The van der Waals surface area contributed by atoms with Gasteiger partial charge in [0.05, 0.1) is 18.5 Å². The second-order valence-corrected chi connectivity index (χ2v) is 4.02. The second kappa shape index (κ2) is 5.92. The lowest BCUT2D eigenvalue weighted by atomic mass is 10.2. The fourth-order valence-electron chi connectivity index (χ4n) is 1.65. The average molecular weight is 275 g/mol. The van der Waals surface area contributed by atoms with Gasteiger partial charge in [-0.05, 0) is 30.3 Å². The lowest BCUT2D eigenvalue weighted by Gasteiger charge is -2.11. The van der Waals surface area contributed by atoms with Crippen molar-refractivity contribution < 1.29 is 13.9 Å². The molecule has 0 heterocycles. The number of nitrogens with two attached hydrogens (primary N) is 1. The van der Waals surface area contributed by atoms with Gasteiger partial charge in [-0.1, -0.05) is 12.1 Å². The maximum absolute atomic E-state index is 13.0. The molecule has 0 aromatic heterocycles. The van der Waals surface area contributed by atoms with Gasteiger partial charge in [-0.2, -0.15) is 0 Å². The Morgan fingerprint density at radius 3 is 2.65 bits per heavy atom. The van der Waals surface area contributed by atoms with Crippen LogP contribution in [0.3, 0.4) is 0 Å². The zero-order valence-electron chi connectivity index (χ0n) is 10.8. The van der Waals surface area contributed by atoms with Crippen LogP contribution in [-0.2, 0) is 0 Å². The van der Waals surface area contributed by atoms with E-state index >= 15 is 0 Å². The van der Waals surface area contributed by atoms with Crippen molar-refractivity contribution in [3.63, 3.8) is 0 Å². The number of nitrogens with one attached hydrogen (secondary N) is 2. The molecule has 104 valence electrons. The standard InChI is InChI=1S/C14H14FN3O2/c1-20-13-5-3-2-4-12(13)18-14(19)17-9-6-7-10(15)11(16)8-9/h2-8H,16H2,1H3,(H2,17,18,19). The molecule has 0 unspecified atom stereocenters. The highest BCUT2D eigenvalue weighted by molar-refractivity contribution is 6.00. The van der Waals surface area contributed by atoms with Gasteiger partial charge in [0.2, 0.25) is 0 Å². The molecule has 6 heteroatoms. The van der Waals surface area contributed by atoms with Gasteiger partial charge in [0.25, 0.3) is 0 Å². The Balaban J connectivity index is 2.07. The molecule has 0 aliphatic rings. The number of hydrogen-bond donors (Lipinski definition) is 3. The molecule has 0 bridgehead atoms. The van der Waals surface area contributed by atoms with Crippen molar-refractivity contribution in [2.45, 2.75) is 0 Å². The second-order valence-electron chi connectivity index (χ2n) is 4.02. The van der Waals surface area contributed by atoms with E-state index in [1.54, 1.807) is 24.3 Å². The maximum atomic E-state index is 13.0. The number of methoxy groups -OCH3 is 1. The summed E-state index contributed by atoms with van der Waals surface area (Å²) < 4.78 is 18.1. The number of halogens is 1.